The normalized spacial score (nSPS) is 21.4. The average molecular weight is 219 g/mol. The van der Waals surface area contributed by atoms with Crippen LogP contribution in [0.2, 0.25) is 0 Å². The lowest BCUT2D eigenvalue weighted by Gasteiger charge is -2.20. The Morgan fingerprint density at radius 2 is 2.25 bits per heavy atom. The number of aromatic amines is 1. The first-order valence-corrected chi connectivity index (χ1v) is 5.35. The standard InChI is InChI=1S/C11H13N3O2/c1-7-2-3-8-10(12-7)14-11(13-8)9-6-15-4-5-16-9/h2-3,9H,4-6H2,1H3,(H,12,13,14). The molecule has 5 heteroatoms. The van der Waals surface area contributed by atoms with Gasteiger partial charge in [-0.1, -0.05) is 0 Å². The molecule has 3 heterocycles. The number of rotatable bonds is 1. The highest BCUT2D eigenvalue weighted by Crippen LogP contribution is 2.20. The lowest BCUT2D eigenvalue weighted by atomic mass is 10.3. The number of fused-ring (bicyclic) bond motifs is 1. The van der Waals surface area contributed by atoms with E-state index in [-0.39, 0.29) is 6.10 Å². The Hall–Kier alpha value is -1.46. The summed E-state index contributed by atoms with van der Waals surface area (Å²) in [6.45, 7) is 3.79. The summed E-state index contributed by atoms with van der Waals surface area (Å²) >= 11 is 0. The minimum Gasteiger partial charge on any atom is -0.376 e. The molecule has 84 valence electrons. The predicted molar refractivity (Wildman–Crippen MR) is 58.1 cm³/mol. The van der Waals surface area contributed by atoms with Crippen molar-refractivity contribution in [3.05, 3.63) is 23.7 Å². The molecule has 3 rings (SSSR count). The molecule has 2 aromatic rings. The zero-order chi connectivity index (χ0) is 11.0. The van der Waals surface area contributed by atoms with Gasteiger partial charge in [-0.3, -0.25) is 0 Å². The molecule has 0 aromatic carbocycles. The van der Waals surface area contributed by atoms with Crippen LogP contribution in [0.15, 0.2) is 12.1 Å². The molecule has 0 spiro atoms. The number of nitrogens with one attached hydrogen (secondary N) is 1. The number of ether oxygens (including phenoxy) is 2. The molecule has 5 nitrogen and oxygen atoms in total. The molecule has 16 heavy (non-hydrogen) atoms. The molecule has 1 saturated heterocycles. The van der Waals surface area contributed by atoms with Crippen LogP contribution < -0.4 is 0 Å². The number of H-pyrrole nitrogens is 1. The molecule has 1 unspecified atom stereocenters. The largest absolute Gasteiger partial charge is 0.376 e. The van der Waals surface area contributed by atoms with Gasteiger partial charge in [0.25, 0.3) is 0 Å². The van der Waals surface area contributed by atoms with Crippen LogP contribution in [0.5, 0.6) is 0 Å². The minimum absolute atomic E-state index is 0.0942. The van der Waals surface area contributed by atoms with Gasteiger partial charge in [-0.2, -0.15) is 0 Å². The SMILES string of the molecule is Cc1ccc2[nH]c(C3COCCO3)nc2n1. The van der Waals surface area contributed by atoms with Crippen molar-refractivity contribution in [3.63, 3.8) is 0 Å². The molecule has 1 aliphatic rings. The van der Waals surface area contributed by atoms with Gasteiger partial charge in [0, 0.05) is 5.69 Å². The van der Waals surface area contributed by atoms with Crippen molar-refractivity contribution in [2.75, 3.05) is 19.8 Å². The number of aryl methyl sites for hydroxylation is 1. The van der Waals surface area contributed by atoms with E-state index in [1.807, 2.05) is 19.1 Å². The monoisotopic (exact) mass is 219 g/mol. The van der Waals surface area contributed by atoms with E-state index in [0.29, 0.717) is 19.8 Å². The Bertz CT molecular complexity index is 503. The van der Waals surface area contributed by atoms with Gasteiger partial charge in [-0.05, 0) is 19.1 Å². The minimum atomic E-state index is -0.0942. The molecule has 2 aromatic heterocycles. The van der Waals surface area contributed by atoms with E-state index in [1.54, 1.807) is 0 Å². The van der Waals surface area contributed by atoms with Gasteiger partial charge in [0.15, 0.2) is 5.65 Å². The van der Waals surface area contributed by atoms with Crippen LogP contribution in [0.1, 0.15) is 17.6 Å². The summed E-state index contributed by atoms with van der Waals surface area (Å²) in [7, 11) is 0. The molecule has 0 bridgehead atoms. The smallest absolute Gasteiger partial charge is 0.178 e. The van der Waals surface area contributed by atoms with Crippen LogP contribution in [0.3, 0.4) is 0 Å². The first-order valence-electron chi connectivity index (χ1n) is 5.35. The first kappa shape index (κ1) is 9.74. The van der Waals surface area contributed by atoms with Crippen LogP contribution >= 0.6 is 0 Å². The Morgan fingerprint density at radius 1 is 1.31 bits per heavy atom. The number of aromatic nitrogens is 3. The fourth-order valence-corrected chi connectivity index (χ4v) is 1.80. The summed E-state index contributed by atoms with van der Waals surface area (Å²) in [6.07, 6.45) is -0.0942. The van der Waals surface area contributed by atoms with Gasteiger partial charge in [0.2, 0.25) is 0 Å². The lowest BCUT2D eigenvalue weighted by molar-refractivity contribution is -0.0931. The second-order valence-corrected chi connectivity index (χ2v) is 3.88. The molecule has 1 fully saturated rings. The molecule has 1 aliphatic heterocycles. The van der Waals surface area contributed by atoms with E-state index in [2.05, 4.69) is 15.0 Å². The van der Waals surface area contributed by atoms with Gasteiger partial charge < -0.3 is 14.5 Å². The van der Waals surface area contributed by atoms with Gasteiger partial charge in [-0.15, -0.1) is 0 Å². The summed E-state index contributed by atoms with van der Waals surface area (Å²) in [4.78, 5) is 12.0. The second kappa shape index (κ2) is 3.84. The third-order valence-corrected chi connectivity index (χ3v) is 2.62. The van der Waals surface area contributed by atoms with E-state index in [4.69, 9.17) is 9.47 Å². The summed E-state index contributed by atoms with van der Waals surface area (Å²) in [5.74, 6) is 0.799. The number of imidazole rings is 1. The van der Waals surface area contributed by atoms with Gasteiger partial charge in [0.1, 0.15) is 11.9 Å². The maximum atomic E-state index is 5.58. The van der Waals surface area contributed by atoms with Crippen molar-refractivity contribution in [2.24, 2.45) is 0 Å². The first-order chi connectivity index (χ1) is 7.83. The number of pyridine rings is 1. The highest BCUT2D eigenvalue weighted by molar-refractivity contribution is 5.70. The van der Waals surface area contributed by atoms with Crippen LogP contribution in [0.4, 0.5) is 0 Å². The Labute approximate surface area is 92.8 Å². The zero-order valence-corrected chi connectivity index (χ0v) is 9.06. The fraction of sp³-hybridized carbons (Fsp3) is 0.455. The van der Waals surface area contributed by atoms with Crippen molar-refractivity contribution in [1.82, 2.24) is 15.0 Å². The summed E-state index contributed by atoms with van der Waals surface area (Å²) in [5.41, 5.74) is 2.64. The second-order valence-electron chi connectivity index (χ2n) is 3.88. The van der Waals surface area contributed by atoms with Crippen molar-refractivity contribution >= 4 is 11.2 Å². The van der Waals surface area contributed by atoms with Crippen LogP contribution in [-0.2, 0) is 9.47 Å². The quantitative estimate of drug-likeness (QED) is 0.786. The molecule has 0 aliphatic carbocycles. The Morgan fingerprint density at radius 3 is 3.06 bits per heavy atom. The van der Waals surface area contributed by atoms with E-state index < -0.39 is 0 Å². The maximum absolute atomic E-state index is 5.58. The van der Waals surface area contributed by atoms with Crippen molar-refractivity contribution < 1.29 is 9.47 Å². The van der Waals surface area contributed by atoms with E-state index in [1.165, 1.54) is 0 Å². The van der Waals surface area contributed by atoms with Gasteiger partial charge >= 0.3 is 0 Å². The third-order valence-electron chi connectivity index (χ3n) is 2.62. The van der Waals surface area contributed by atoms with Crippen LogP contribution in [-0.4, -0.2) is 34.8 Å². The molecular weight excluding hydrogens is 206 g/mol. The third kappa shape index (κ3) is 1.68. The van der Waals surface area contributed by atoms with E-state index >= 15 is 0 Å². The van der Waals surface area contributed by atoms with Crippen molar-refractivity contribution in [3.8, 4) is 0 Å². The fourth-order valence-electron chi connectivity index (χ4n) is 1.80. The van der Waals surface area contributed by atoms with Gasteiger partial charge in [0.05, 0.1) is 25.3 Å². The molecule has 1 atom stereocenters. The average Bonchev–Trinajstić information content (AvgIpc) is 2.73. The highest BCUT2D eigenvalue weighted by Gasteiger charge is 2.20. The van der Waals surface area contributed by atoms with E-state index in [9.17, 15) is 0 Å². The highest BCUT2D eigenvalue weighted by atomic mass is 16.6. The zero-order valence-electron chi connectivity index (χ0n) is 9.06. The lowest BCUT2D eigenvalue weighted by Crippen LogP contribution is -2.22. The van der Waals surface area contributed by atoms with Crippen LogP contribution in [0, 0.1) is 6.92 Å². The number of nitrogens with zero attached hydrogens (tertiary/aromatic N) is 2. The van der Waals surface area contributed by atoms with Crippen molar-refractivity contribution in [2.45, 2.75) is 13.0 Å². The predicted octanol–water partition coefficient (Wildman–Crippen LogP) is 1.35. The Balaban J connectivity index is 1.97. The van der Waals surface area contributed by atoms with Crippen LogP contribution in [0.25, 0.3) is 11.2 Å². The number of hydrogen-bond acceptors (Lipinski definition) is 4. The molecule has 0 radical (unpaired) electrons. The van der Waals surface area contributed by atoms with Crippen molar-refractivity contribution in [1.29, 1.82) is 0 Å². The molecular formula is C11H13N3O2. The van der Waals surface area contributed by atoms with Gasteiger partial charge in [-0.25, -0.2) is 9.97 Å². The molecule has 0 saturated carbocycles. The molecule has 0 amide bonds. The number of hydrogen-bond donors (Lipinski definition) is 1. The summed E-state index contributed by atoms with van der Waals surface area (Å²) in [6, 6.07) is 3.94. The summed E-state index contributed by atoms with van der Waals surface area (Å²) in [5, 5.41) is 0. The summed E-state index contributed by atoms with van der Waals surface area (Å²) < 4.78 is 10.9. The Kier molecular flexibility index (Phi) is 2.34. The van der Waals surface area contributed by atoms with E-state index in [0.717, 1.165) is 22.7 Å². The maximum Gasteiger partial charge on any atom is 0.178 e. The topological polar surface area (TPSA) is 60.0 Å². The molecule has 1 N–H and O–H groups in total.